The maximum absolute atomic E-state index is 11.7. The van der Waals surface area contributed by atoms with Gasteiger partial charge >= 0.3 is 0 Å². The molecule has 6 heteroatoms. The monoisotopic (exact) mass is 377 g/mol. The van der Waals surface area contributed by atoms with Crippen molar-refractivity contribution < 1.29 is 8.42 Å². The summed E-state index contributed by atoms with van der Waals surface area (Å²) in [4.78, 5) is 9.10. The number of benzene rings is 1. The van der Waals surface area contributed by atoms with E-state index in [2.05, 4.69) is 34.3 Å². The zero-order valence-electron chi connectivity index (χ0n) is 15.3. The van der Waals surface area contributed by atoms with E-state index >= 15 is 0 Å². The number of sulfone groups is 1. The van der Waals surface area contributed by atoms with Crippen molar-refractivity contribution >= 4 is 15.5 Å². The Morgan fingerprint density at radius 2 is 1.70 bits per heavy atom. The van der Waals surface area contributed by atoms with Crippen molar-refractivity contribution in [3.8, 4) is 22.4 Å². The van der Waals surface area contributed by atoms with Gasteiger partial charge in [-0.05, 0) is 43.7 Å². The summed E-state index contributed by atoms with van der Waals surface area (Å²) in [5, 5.41) is 0. The number of hydrogen-bond donors (Lipinski definition) is 0. The van der Waals surface area contributed by atoms with E-state index in [0.29, 0.717) is 4.90 Å². The van der Waals surface area contributed by atoms with E-state index < -0.39 is 9.84 Å². The summed E-state index contributed by atoms with van der Waals surface area (Å²) in [5.74, 6) is 0. The van der Waals surface area contributed by atoms with Crippen molar-refractivity contribution in [2.75, 3.05) is 6.26 Å². The second-order valence-electron chi connectivity index (χ2n) is 6.66. The second-order valence-corrected chi connectivity index (χ2v) is 8.68. The smallest absolute Gasteiger partial charge is 0.175 e. The number of pyridine rings is 2. The quantitative estimate of drug-likeness (QED) is 0.540. The lowest BCUT2D eigenvalue weighted by Gasteiger charge is -2.14. The average Bonchev–Trinajstić information content (AvgIpc) is 3.06. The van der Waals surface area contributed by atoms with Crippen LogP contribution >= 0.6 is 0 Å². The number of hydrogen-bond acceptors (Lipinski definition) is 4. The molecule has 4 rings (SSSR count). The molecule has 0 N–H and O–H groups in total. The van der Waals surface area contributed by atoms with Crippen molar-refractivity contribution in [2.24, 2.45) is 0 Å². The second kappa shape index (κ2) is 6.32. The first-order chi connectivity index (χ1) is 12.9. The van der Waals surface area contributed by atoms with Crippen molar-refractivity contribution in [1.29, 1.82) is 0 Å². The highest BCUT2D eigenvalue weighted by Crippen LogP contribution is 2.31. The van der Waals surface area contributed by atoms with Crippen LogP contribution in [0.1, 0.15) is 11.3 Å². The molecule has 27 heavy (non-hydrogen) atoms. The topological polar surface area (TPSA) is 64.3 Å². The molecule has 0 amide bonds. The number of rotatable bonds is 3. The lowest BCUT2D eigenvalue weighted by molar-refractivity contribution is 0.602. The minimum atomic E-state index is -3.22. The van der Waals surface area contributed by atoms with Gasteiger partial charge in [-0.3, -0.25) is 9.38 Å². The number of fused-ring (bicyclic) bond motifs is 1. The molecular formula is C21H19N3O2S. The van der Waals surface area contributed by atoms with Gasteiger partial charge < -0.3 is 0 Å². The Bertz CT molecular complexity index is 1240. The van der Waals surface area contributed by atoms with Gasteiger partial charge in [-0.15, -0.1) is 0 Å². The van der Waals surface area contributed by atoms with E-state index in [9.17, 15) is 8.42 Å². The van der Waals surface area contributed by atoms with Crippen LogP contribution in [0.4, 0.5) is 0 Å². The molecule has 0 unspecified atom stereocenters. The maximum atomic E-state index is 11.7. The first-order valence-electron chi connectivity index (χ1n) is 8.55. The molecule has 4 aromatic rings. The number of nitrogens with zero attached hydrogens (tertiary/aromatic N) is 3. The molecule has 0 aliphatic carbocycles. The molecule has 1 aromatic carbocycles. The van der Waals surface area contributed by atoms with Gasteiger partial charge in [-0.2, -0.15) is 0 Å². The van der Waals surface area contributed by atoms with E-state index in [4.69, 9.17) is 0 Å². The predicted molar refractivity (Wildman–Crippen MR) is 106 cm³/mol. The number of aromatic nitrogens is 3. The normalized spacial score (nSPS) is 11.8. The fraction of sp³-hybridized carbons (Fsp3) is 0.143. The van der Waals surface area contributed by atoms with Gasteiger partial charge in [0.2, 0.25) is 0 Å². The van der Waals surface area contributed by atoms with E-state index in [1.165, 1.54) is 6.26 Å². The van der Waals surface area contributed by atoms with Gasteiger partial charge in [0.15, 0.2) is 9.84 Å². The highest BCUT2D eigenvalue weighted by Gasteiger charge is 2.15. The Morgan fingerprint density at radius 1 is 0.963 bits per heavy atom. The lowest BCUT2D eigenvalue weighted by Crippen LogP contribution is -2.00. The zero-order valence-corrected chi connectivity index (χ0v) is 16.2. The third-order valence-corrected chi connectivity index (χ3v) is 5.88. The SMILES string of the molecule is Cc1cc2ncc(-c3ccc(S(C)(=O)=O)cc3)n2c(C)c1-c1cccnc1. The largest absolute Gasteiger partial charge is 0.296 e. The molecule has 0 fully saturated rings. The Balaban J connectivity index is 1.93. The van der Waals surface area contributed by atoms with Crippen LogP contribution in [0.25, 0.3) is 28.0 Å². The first-order valence-corrected chi connectivity index (χ1v) is 10.4. The molecule has 0 aliphatic rings. The van der Waals surface area contributed by atoms with Crippen LogP contribution in [0.15, 0.2) is 66.0 Å². The molecule has 0 saturated carbocycles. The van der Waals surface area contributed by atoms with Crippen LogP contribution in [0.3, 0.4) is 0 Å². The molecule has 0 saturated heterocycles. The third-order valence-electron chi connectivity index (χ3n) is 4.75. The highest BCUT2D eigenvalue weighted by molar-refractivity contribution is 7.90. The number of imidazole rings is 1. The maximum Gasteiger partial charge on any atom is 0.175 e. The van der Waals surface area contributed by atoms with Gasteiger partial charge in [0, 0.05) is 41.0 Å². The van der Waals surface area contributed by atoms with Gasteiger partial charge in [-0.1, -0.05) is 18.2 Å². The van der Waals surface area contributed by atoms with Gasteiger partial charge in [0.1, 0.15) is 5.65 Å². The van der Waals surface area contributed by atoms with Crippen LogP contribution < -0.4 is 0 Å². The van der Waals surface area contributed by atoms with Crippen LogP contribution in [0, 0.1) is 13.8 Å². The van der Waals surface area contributed by atoms with Crippen molar-refractivity contribution in [3.05, 3.63) is 72.3 Å². The summed E-state index contributed by atoms with van der Waals surface area (Å²) >= 11 is 0. The lowest BCUT2D eigenvalue weighted by atomic mass is 10.0. The van der Waals surface area contributed by atoms with Gasteiger partial charge in [0.05, 0.1) is 16.8 Å². The Morgan fingerprint density at radius 3 is 2.33 bits per heavy atom. The molecule has 0 bridgehead atoms. The fourth-order valence-electron chi connectivity index (χ4n) is 3.51. The summed E-state index contributed by atoms with van der Waals surface area (Å²) in [6.07, 6.45) is 6.66. The zero-order chi connectivity index (χ0) is 19.2. The molecule has 3 heterocycles. The minimum Gasteiger partial charge on any atom is -0.296 e. The first kappa shape index (κ1) is 17.4. The molecule has 5 nitrogen and oxygen atoms in total. The molecule has 0 radical (unpaired) electrons. The van der Waals surface area contributed by atoms with E-state index in [0.717, 1.165) is 39.3 Å². The van der Waals surface area contributed by atoms with Crippen molar-refractivity contribution in [3.63, 3.8) is 0 Å². The standard InChI is InChI=1S/C21H19N3O2S/c1-14-11-20-23-13-19(16-6-8-18(9-7-16)27(3,25)26)24(20)15(2)21(14)17-5-4-10-22-12-17/h4-13H,1-3H3. The Hall–Kier alpha value is -2.99. The van der Waals surface area contributed by atoms with Crippen molar-refractivity contribution in [2.45, 2.75) is 18.7 Å². The van der Waals surface area contributed by atoms with E-state index in [1.807, 2.05) is 36.7 Å². The summed E-state index contributed by atoms with van der Waals surface area (Å²) in [6.45, 7) is 4.14. The summed E-state index contributed by atoms with van der Waals surface area (Å²) in [7, 11) is -3.22. The number of aryl methyl sites for hydroxylation is 2. The van der Waals surface area contributed by atoms with Crippen LogP contribution in [0.5, 0.6) is 0 Å². The van der Waals surface area contributed by atoms with Crippen LogP contribution in [0.2, 0.25) is 0 Å². The molecule has 0 spiro atoms. The summed E-state index contributed by atoms with van der Waals surface area (Å²) < 4.78 is 25.5. The Labute approximate surface area is 158 Å². The molecule has 0 aliphatic heterocycles. The van der Waals surface area contributed by atoms with Crippen LogP contribution in [-0.2, 0) is 9.84 Å². The van der Waals surface area contributed by atoms with Crippen molar-refractivity contribution in [1.82, 2.24) is 14.4 Å². The van der Waals surface area contributed by atoms with Crippen LogP contribution in [-0.4, -0.2) is 29.0 Å². The van der Waals surface area contributed by atoms with E-state index in [-0.39, 0.29) is 0 Å². The molecular weight excluding hydrogens is 358 g/mol. The Kier molecular flexibility index (Phi) is 4.08. The van der Waals surface area contributed by atoms with Gasteiger partial charge in [-0.25, -0.2) is 13.4 Å². The predicted octanol–water partition coefficient (Wildman–Crippen LogP) is 4.08. The summed E-state index contributed by atoms with van der Waals surface area (Å²) in [6, 6.07) is 12.9. The summed E-state index contributed by atoms with van der Waals surface area (Å²) in [5.41, 5.74) is 7.09. The molecule has 0 atom stereocenters. The average molecular weight is 377 g/mol. The molecule has 136 valence electrons. The third kappa shape index (κ3) is 3.02. The fourth-order valence-corrected chi connectivity index (χ4v) is 4.14. The van der Waals surface area contributed by atoms with E-state index in [1.54, 1.807) is 18.3 Å². The molecule has 3 aromatic heterocycles. The van der Waals surface area contributed by atoms with Gasteiger partial charge in [0.25, 0.3) is 0 Å². The minimum absolute atomic E-state index is 0.309. The highest BCUT2D eigenvalue weighted by atomic mass is 32.2.